The summed E-state index contributed by atoms with van der Waals surface area (Å²) in [7, 11) is 1.48. The van der Waals surface area contributed by atoms with Gasteiger partial charge in [0.25, 0.3) is 11.8 Å². The summed E-state index contributed by atoms with van der Waals surface area (Å²) >= 11 is 0. The van der Waals surface area contributed by atoms with E-state index in [1.807, 2.05) is 110 Å². The molecule has 2 heterocycles. The van der Waals surface area contributed by atoms with Gasteiger partial charge in [-0.05, 0) is 66.6 Å². The number of likely N-dealkylation sites (tertiary alicyclic amines) is 1. The maximum absolute atomic E-state index is 15.2. The number of aromatic hydroxyl groups is 1. The molecular weight excluding hydrogens is 654 g/mol. The van der Waals surface area contributed by atoms with E-state index in [1.165, 1.54) is 12.0 Å². The van der Waals surface area contributed by atoms with Crippen molar-refractivity contribution in [1.29, 1.82) is 0 Å². The van der Waals surface area contributed by atoms with Crippen molar-refractivity contribution in [2.75, 3.05) is 12.5 Å². The number of nitrogens with zero attached hydrogens (tertiary/aromatic N) is 2. The normalized spacial score (nSPS) is 26.7. The van der Waals surface area contributed by atoms with Gasteiger partial charge in [-0.15, -0.1) is 0 Å². The van der Waals surface area contributed by atoms with Gasteiger partial charge in [0, 0.05) is 5.92 Å². The number of phenols is 1. The fraction of sp³-hybridized carbons (Fsp3) is 0.256. The number of amides is 4. The number of nitrogens with one attached hydrogen (secondary N) is 1. The molecule has 52 heavy (non-hydrogen) atoms. The van der Waals surface area contributed by atoms with Crippen LogP contribution in [0.25, 0.3) is 6.08 Å². The van der Waals surface area contributed by atoms with E-state index < -0.39 is 35.0 Å². The zero-order chi connectivity index (χ0) is 36.1. The summed E-state index contributed by atoms with van der Waals surface area (Å²) in [5.74, 6) is -4.03. The van der Waals surface area contributed by atoms with E-state index in [4.69, 9.17) is 4.74 Å². The van der Waals surface area contributed by atoms with Gasteiger partial charge in [-0.3, -0.25) is 29.5 Å². The molecule has 4 aromatic rings. The minimum Gasteiger partial charge on any atom is -0.504 e. The van der Waals surface area contributed by atoms with E-state index in [1.54, 1.807) is 18.2 Å². The lowest BCUT2D eigenvalue weighted by atomic mass is 9.50. The number of methoxy groups -OCH3 is 1. The van der Waals surface area contributed by atoms with Crippen LogP contribution in [0.1, 0.15) is 35.1 Å². The topological polar surface area (TPSA) is 116 Å². The second kappa shape index (κ2) is 13.0. The number of hydrogen-bond donors (Lipinski definition) is 2. The summed E-state index contributed by atoms with van der Waals surface area (Å²) in [6.07, 6.45) is 6.46. The number of carbonyl (C=O) groups is 4. The molecule has 0 aromatic heterocycles. The SMILES string of the molecule is COc1cc(C=CC2C3=CCC4C(=O)N(Cc5ccccc5)C(=O)C4C3CC3C(=O)N(Nc4ccc(C)cc4)C(=O)C23c2ccccc2)ccc1O. The van der Waals surface area contributed by atoms with Crippen molar-refractivity contribution in [3.8, 4) is 11.5 Å². The molecule has 4 amide bonds. The summed E-state index contributed by atoms with van der Waals surface area (Å²) in [5, 5.41) is 11.4. The molecule has 3 fully saturated rings. The average molecular weight is 694 g/mol. The number of anilines is 1. The van der Waals surface area contributed by atoms with E-state index >= 15 is 4.79 Å². The molecular formula is C43H39N3O6. The van der Waals surface area contributed by atoms with Gasteiger partial charge in [-0.25, -0.2) is 0 Å². The fourth-order valence-electron chi connectivity index (χ4n) is 8.99. The first-order valence-corrected chi connectivity index (χ1v) is 17.6. The number of benzene rings is 4. The molecule has 9 nitrogen and oxygen atoms in total. The number of phenolic OH excluding ortho intramolecular Hbond substituents is 1. The first-order chi connectivity index (χ1) is 25.2. The zero-order valence-corrected chi connectivity index (χ0v) is 28.9. The lowest BCUT2D eigenvalue weighted by Gasteiger charge is -2.49. The minimum absolute atomic E-state index is 0.00177. The van der Waals surface area contributed by atoms with Crippen LogP contribution in [0.5, 0.6) is 11.5 Å². The Bertz CT molecular complexity index is 2130. The van der Waals surface area contributed by atoms with Crippen LogP contribution in [-0.2, 0) is 31.1 Å². The Balaban J connectivity index is 1.27. The van der Waals surface area contributed by atoms with Crippen LogP contribution in [0.3, 0.4) is 0 Å². The van der Waals surface area contributed by atoms with E-state index in [0.29, 0.717) is 23.4 Å². The number of imide groups is 2. The number of carbonyl (C=O) groups excluding carboxylic acids is 4. The van der Waals surface area contributed by atoms with Gasteiger partial charge in [0.15, 0.2) is 11.5 Å². The van der Waals surface area contributed by atoms with Gasteiger partial charge in [0.1, 0.15) is 0 Å². The summed E-state index contributed by atoms with van der Waals surface area (Å²) < 4.78 is 5.37. The molecule has 6 unspecified atom stereocenters. The number of hydrazine groups is 1. The van der Waals surface area contributed by atoms with Gasteiger partial charge >= 0.3 is 0 Å². The molecule has 8 rings (SSSR count). The third-order valence-corrected chi connectivity index (χ3v) is 11.4. The molecule has 0 radical (unpaired) electrons. The number of fused-ring (bicyclic) bond motifs is 4. The van der Waals surface area contributed by atoms with Crippen molar-refractivity contribution in [3.05, 3.63) is 143 Å². The first-order valence-electron chi connectivity index (χ1n) is 17.6. The number of aryl methyl sites for hydroxylation is 1. The highest BCUT2D eigenvalue weighted by molar-refractivity contribution is 6.13. The Labute approximate surface area is 302 Å². The fourth-order valence-corrected chi connectivity index (χ4v) is 8.99. The van der Waals surface area contributed by atoms with Gasteiger partial charge in [0.2, 0.25) is 11.8 Å². The summed E-state index contributed by atoms with van der Waals surface area (Å²) in [6.45, 7) is 2.15. The summed E-state index contributed by atoms with van der Waals surface area (Å²) in [5.41, 5.74) is 6.58. The minimum atomic E-state index is -1.35. The summed E-state index contributed by atoms with van der Waals surface area (Å²) in [4.78, 5) is 59.6. The quantitative estimate of drug-likeness (QED) is 0.161. The van der Waals surface area contributed by atoms with Crippen LogP contribution in [-0.4, -0.2) is 45.8 Å². The number of hydrogen-bond acceptors (Lipinski definition) is 7. The predicted octanol–water partition coefficient (Wildman–Crippen LogP) is 6.44. The van der Waals surface area contributed by atoms with Crippen molar-refractivity contribution < 1.29 is 29.0 Å². The number of rotatable bonds is 8. The molecule has 4 aromatic carbocycles. The average Bonchev–Trinajstić information content (AvgIpc) is 3.53. The Morgan fingerprint density at radius 2 is 1.58 bits per heavy atom. The van der Waals surface area contributed by atoms with Crippen molar-refractivity contribution in [1.82, 2.24) is 9.91 Å². The Hall–Kier alpha value is -5.96. The second-order valence-electron chi connectivity index (χ2n) is 14.2. The number of allylic oxidation sites excluding steroid dienone is 3. The Kier molecular flexibility index (Phi) is 8.29. The smallest absolute Gasteiger partial charge is 0.260 e. The van der Waals surface area contributed by atoms with Gasteiger partial charge in [-0.1, -0.05) is 108 Å². The maximum atomic E-state index is 15.2. The number of ether oxygens (including phenoxy) is 1. The third-order valence-electron chi connectivity index (χ3n) is 11.4. The molecule has 0 bridgehead atoms. The molecule has 2 aliphatic carbocycles. The van der Waals surface area contributed by atoms with E-state index in [-0.39, 0.29) is 42.3 Å². The van der Waals surface area contributed by atoms with Gasteiger partial charge in [0.05, 0.1) is 42.5 Å². The molecule has 0 spiro atoms. The highest BCUT2D eigenvalue weighted by Crippen LogP contribution is 2.61. The third kappa shape index (κ3) is 5.22. The van der Waals surface area contributed by atoms with Crippen molar-refractivity contribution >= 4 is 35.4 Å². The van der Waals surface area contributed by atoms with Crippen LogP contribution >= 0.6 is 0 Å². The van der Waals surface area contributed by atoms with Gasteiger partial charge < -0.3 is 9.84 Å². The zero-order valence-electron chi connectivity index (χ0n) is 28.9. The molecule has 4 aliphatic rings. The lowest BCUT2D eigenvalue weighted by molar-refractivity contribution is -0.142. The first kappa shape index (κ1) is 33.2. The predicted molar refractivity (Wildman–Crippen MR) is 195 cm³/mol. The van der Waals surface area contributed by atoms with Crippen molar-refractivity contribution in [2.24, 2.45) is 29.6 Å². The molecule has 2 N–H and O–H groups in total. The summed E-state index contributed by atoms with van der Waals surface area (Å²) in [6, 6.07) is 31.4. The lowest BCUT2D eigenvalue weighted by Crippen LogP contribution is -2.54. The van der Waals surface area contributed by atoms with Crippen LogP contribution in [0, 0.1) is 36.5 Å². The monoisotopic (exact) mass is 693 g/mol. The molecule has 9 heteroatoms. The van der Waals surface area contributed by atoms with Gasteiger partial charge in [-0.2, -0.15) is 5.01 Å². The maximum Gasteiger partial charge on any atom is 0.260 e. The van der Waals surface area contributed by atoms with Crippen molar-refractivity contribution in [3.63, 3.8) is 0 Å². The van der Waals surface area contributed by atoms with E-state index in [0.717, 1.165) is 27.3 Å². The van der Waals surface area contributed by atoms with Crippen LogP contribution in [0.4, 0.5) is 5.69 Å². The van der Waals surface area contributed by atoms with Crippen LogP contribution < -0.4 is 10.2 Å². The Morgan fingerprint density at radius 1 is 0.865 bits per heavy atom. The second-order valence-corrected chi connectivity index (χ2v) is 14.2. The largest absolute Gasteiger partial charge is 0.504 e. The molecule has 6 atom stereocenters. The molecule has 262 valence electrons. The van der Waals surface area contributed by atoms with E-state index in [2.05, 4.69) is 5.43 Å². The molecule has 1 saturated carbocycles. The highest BCUT2D eigenvalue weighted by atomic mass is 16.5. The van der Waals surface area contributed by atoms with Crippen molar-refractivity contribution in [2.45, 2.75) is 31.7 Å². The van der Waals surface area contributed by atoms with Crippen LogP contribution in [0.15, 0.2) is 121 Å². The van der Waals surface area contributed by atoms with E-state index in [9.17, 15) is 19.5 Å². The standard InChI is InChI=1S/C43H39N3O6/c1-26-13-17-30(18-14-26)44-46-40(49)35-24-33-31(19-20-32-38(33)41(50)45(39(32)48)25-28-9-5-3-6-10-28)34(21-15-27-16-22-36(47)37(23-27)52-2)43(35,42(46)51)29-11-7-4-8-12-29/h3-19,21-23,32-35,38,44,47H,20,24-25H2,1-2H3. The molecule has 2 aliphatic heterocycles. The highest BCUT2D eigenvalue weighted by Gasteiger charge is 2.69. The molecule has 2 saturated heterocycles. The Morgan fingerprint density at radius 3 is 2.29 bits per heavy atom. The van der Waals surface area contributed by atoms with Crippen LogP contribution in [0.2, 0.25) is 0 Å².